The number of nitrogens with zero attached hydrogens (tertiary/aromatic N) is 2. The van der Waals surface area contributed by atoms with E-state index < -0.39 is 12.3 Å². The first-order valence-electron chi connectivity index (χ1n) is 11.8. The Bertz CT molecular complexity index is 1500. The molecular weight excluding hydrogens is 542 g/mol. The predicted molar refractivity (Wildman–Crippen MR) is 147 cm³/mol. The first-order valence-corrected chi connectivity index (χ1v) is 13.4. The van der Waals surface area contributed by atoms with Crippen molar-refractivity contribution in [3.8, 4) is 28.5 Å². The quantitative estimate of drug-likeness (QED) is 0.179. The second kappa shape index (κ2) is 11.6. The number of thioether (sulfide) groups is 1. The van der Waals surface area contributed by atoms with Crippen LogP contribution >= 0.6 is 23.4 Å². The minimum absolute atomic E-state index is 0.266. The lowest BCUT2D eigenvalue weighted by Gasteiger charge is -2.25. The second-order valence-electron chi connectivity index (χ2n) is 8.44. The fourth-order valence-corrected chi connectivity index (χ4v) is 4.60. The van der Waals surface area contributed by atoms with Crippen molar-refractivity contribution < 1.29 is 28.9 Å². The standard InChI is InChI=1S/C28H22ClN3O6S/c1-39-19-8-4-16(5-9-19)22-10-11-26(32-31-22)30-27(33)17-2-6-18(7-3-17)37-25-15-24-20(14-21(25)29)23(12-13-36-24)38-28(34)35/h2-11,14-15,23H,12-13H2,1H3,(H,34,35)(H,30,32,33). The van der Waals surface area contributed by atoms with Crippen LogP contribution in [0, 0.1) is 0 Å². The molecule has 0 aliphatic carbocycles. The molecule has 1 atom stereocenters. The lowest BCUT2D eigenvalue weighted by molar-refractivity contribution is 0.0326. The van der Waals surface area contributed by atoms with Crippen LogP contribution in [0.4, 0.5) is 10.6 Å². The third-order valence-electron chi connectivity index (χ3n) is 5.93. The van der Waals surface area contributed by atoms with Crippen LogP contribution in [0.2, 0.25) is 5.02 Å². The van der Waals surface area contributed by atoms with Crippen molar-refractivity contribution >= 4 is 41.2 Å². The zero-order valence-corrected chi connectivity index (χ0v) is 22.2. The first-order chi connectivity index (χ1) is 18.9. The number of ether oxygens (including phenoxy) is 3. The zero-order valence-electron chi connectivity index (χ0n) is 20.6. The average molecular weight is 564 g/mol. The fraction of sp³-hybridized carbons (Fsp3) is 0.143. The normalized spacial score (nSPS) is 14.1. The third kappa shape index (κ3) is 6.24. The van der Waals surface area contributed by atoms with Crippen molar-refractivity contribution in [1.29, 1.82) is 0 Å². The Balaban J connectivity index is 1.23. The van der Waals surface area contributed by atoms with Gasteiger partial charge in [0.25, 0.3) is 5.91 Å². The Morgan fingerprint density at radius 2 is 1.82 bits per heavy atom. The lowest BCUT2D eigenvalue weighted by Crippen LogP contribution is -2.18. The molecule has 198 valence electrons. The minimum atomic E-state index is -1.37. The summed E-state index contributed by atoms with van der Waals surface area (Å²) in [4.78, 5) is 24.9. The second-order valence-corrected chi connectivity index (χ2v) is 9.73. The van der Waals surface area contributed by atoms with E-state index in [1.807, 2.05) is 30.5 Å². The number of benzene rings is 3. The summed E-state index contributed by atoms with van der Waals surface area (Å²) in [6.07, 6.45) is 0.378. The van der Waals surface area contributed by atoms with Crippen LogP contribution in [0.15, 0.2) is 77.7 Å². The van der Waals surface area contributed by atoms with Gasteiger partial charge in [0, 0.05) is 34.1 Å². The van der Waals surface area contributed by atoms with E-state index in [0.717, 1.165) is 10.5 Å². The van der Waals surface area contributed by atoms with E-state index in [4.69, 9.17) is 30.9 Å². The number of amides is 1. The van der Waals surface area contributed by atoms with E-state index in [0.29, 0.717) is 52.9 Å². The number of carboxylic acid groups (broad SMARTS) is 1. The number of halogens is 1. The van der Waals surface area contributed by atoms with E-state index >= 15 is 0 Å². The lowest BCUT2D eigenvalue weighted by atomic mass is 10.0. The number of nitrogens with one attached hydrogen (secondary N) is 1. The van der Waals surface area contributed by atoms with Gasteiger partial charge in [0.2, 0.25) is 0 Å². The summed E-state index contributed by atoms with van der Waals surface area (Å²) < 4.78 is 16.5. The van der Waals surface area contributed by atoms with Gasteiger partial charge in [0.15, 0.2) is 5.82 Å². The molecule has 1 aliphatic rings. The molecule has 5 rings (SSSR count). The van der Waals surface area contributed by atoms with Gasteiger partial charge in [-0.3, -0.25) is 4.79 Å². The summed E-state index contributed by atoms with van der Waals surface area (Å²) in [5.74, 6) is 1.18. The van der Waals surface area contributed by atoms with Crippen LogP contribution in [0.25, 0.3) is 11.3 Å². The summed E-state index contributed by atoms with van der Waals surface area (Å²) in [6, 6.07) is 21.2. The van der Waals surface area contributed by atoms with Gasteiger partial charge in [-0.25, -0.2) is 4.79 Å². The molecule has 39 heavy (non-hydrogen) atoms. The number of carbonyl (C=O) groups is 2. The van der Waals surface area contributed by atoms with Gasteiger partial charge >= 0.3 is 6.16 Å². The van der Waals surface area contributed by atoms with Gasteiger partial charge in [-0.1, -0.05) is 23.7 Å². The Hall–Kier alpha value is -4.28. The van der Waals surface area contributed by atoms with Crippen molar-refractivity contribution in [2.24, 2.45) is 0 Å². The molecule has 1 unspecified atom stereocenters. The zero-order chi connectivity index (χ0) is 27.4. The average Bonchev–Trinajstić information content (AvgIpc) is 2.94. The highest BCUT2D eigenvalue weighted by atomic mass is 35.5. The molecule has 0 saturated carbocycles. The molecule has 11 heteroatoms. The highest BCUT2D eigenvalue weighted by Gasteiger charge is 2.27. The van der Waals surface area contributed by atoms with Crippen LogP contribution in [0.5, 0.6) is 17.2 Å². The maximum absolute atomic E-state index is 12.7. The summed E-state index contributed by atoms with van der Waals surface area (Å²) in [5.41, 5.74) is 2.58. The number of aromatic nitrogens is 2. The van der Waals surface area contributed by atoms with E-state index in [2.05, 4.69) is 15.5 Å². The van der Waals surface area contributed by atoms with Gasteiger partial charge in [0.05, 0.1) is 17.3 Å². The maximum Gasteiger partial charge on any atom is 0.506 e. The van der Waals surface area contributed by atoms with Crippen LogP contribution in [-0.2, 0) is 4.74 Å². The fourth-order valence-electron chi connectivity index (χ4n) is 3.98. The summed E-state index contributed by atoms with van der Waals surface area (Å²) in [6.45, 7) is 0.300. The Kier molecular flexibility index (Phi) is 7.85. The van der Waals surface area contributed by atoms with E-state index in [1.165, 1.54) is 0 Å². The van der Waals surface area contributed by atoms with E-state index in [1.54, 1.807) is 60.3 Å². The SMILES string of the molecule is CSc1ccc(-c2ccc(NC(=O)c3ccc(Oc4cc5c(cc4Cl)C(OC(=O)O)CCO5)cc3)nn2)cc1. The van der Waals surface area contributed by atoms with Crippen LogP contribution in [-0.4, -0.2) is 40.2 Å². The van der Waals surface area contributed by atoms with Gasteiger partial charge in [0.1, 0.15) is 23.4 Å². The molecule has 2 N–H and O–H groups in total. The molecule has 0 spiro atoms. The number of anilines is 1. The largest absolute Gasteiger partial charge is 0.506 e. The van der Waals surface area contributed by atoms with E-state index in [-0.39, 0.29) is 10.9 Å². The summed E-state index contributed by atoms with van der Waals surface area (Å²) >= 11 is 8.05. The molecule has 0 bridgehead atoms. The Morgan fingerprint density at radius 1 is 1.05 bits per heavy atom. The van der Waals surface area contributed by atoms with Crippen molar-refractivity contribution in [3.63, 3.8) is 0 Å². The third-order valence-corrected chi connectivity index (χ3v) is 6.97. The van der Waals surface area contributed by atoms with Crippen molar-refractivity contribution in [2.75, 3.05) is 18.2 Å². The predicted octanol–water partition coefficient (Wildman–Crippen LogP) is 7.08. The van der Waals surface area contributed by atoms with Crippen molar-refractivity contribution in [3.05, 3.63) is 88.9 Å². The number of hydrogen-bond acceptors (Lipinski definition) is 8. The molecular formula is C28H22ClN3O6S. The molecule has 2 heterocycles. The maximum atomic E-state index is 12.7. The van der Waals surface area contributed by atoms with Crippen molar-refractivity contribution in [2.45, 2.75) is 17.4 Å². The monoisotopic (exact) mass is 563 g/mol. The number of fused-ring (bicyclic) bond motifs is 1. The smallest absolute Gasteiger partial charge is 0.493 e. The number of hydrogen-bond donors (Lipinski definition) is 2. The molecule has 0 saturated heterocycles. The Labute approximate surface area is 233 Å². The summed E-state index contributed by atoms with van der Waals surface area (Å²) in [7, 11) is 0. The first kappa shape index (κ1) is 26.3. The molecule has 0 radical (unpaired) electrons. The summed E-state index contributed by atoms with van der Waals surface area (Å²) in [5, 5.41) is 20.3. The highest BCUT2D eigenvalue weighted by molar-refractivity contribution is 7.98. The number of carbonyl (C=O) groups excluding carboxylic acids is 1. The van der Waals surface area contributed by atoms with Crippen LogP contribution in [0.1, 0.15) is 28.4 Å². The van der Waals surface area contributed by atoms with Gasteiger partial charge in [-0.05, 0) is 60.9 Å². The molecule has 0 fully saturated rings. The molecule has 1 amide bonds. The molecule has 3 aromatic carbocycles. The molecule has 4 aromatic rings. The Morgan fingerprint density at radius 3 is 2.49 bits per heavy atom. The minimum Gasteiger partial charge on any atom is -0.493 e. The van der Waals surface area contributed by atoms with Gasteiger partial charge < -0.3 is 24.6 Å². The molecule has 1 aliphatic heterocycles. The van der Waals surface area contributed by atoms with Crippen LogP contribution in [0.3, 0.4) is 0 Å². The van der Waals surface area contributed by atoms with Crippen molar-refractivity contribution in [1.82, 2.24) is 10.2 Å². The molecule has 9 nitrogen and oxygen atoms in total. The van der Waals surface area contributed by atoms with E-state index in [9.17, 15) is 9.59 Å². The van der Waals surface area contributed by atoms with Gasteiger partial charge in [-0.2, -0.15) is 0 Å². The topological polar surface area (TPSA) is 120 Å². The number of rotatable bonds is 7. The van der Waals surface area contributed by atoms with Crippen LogP contribution < -0.4 is 14.8 Å². The molecule has 1 aromatic heterocycles. The highest BCUT2D eigenvalue weighted by Crippen LogP contribution is 2.42. The van der Waals surface area contributed by atoms with Gasteiger partial charge in [-0.15, -0.1) is 22.0 Å².